The third-order valence-electron chi connectivity index (χ3n) is 4.63. The maximum absolute atomic E-state index is 12.3. The van der Waals surface area contributed by atoms with Gasteiger partial charge in [0.15, 0.2) is 0 Å². The number of hydrogen-bond donors (Lipinski definition) is 1. The third-order valence-corrected chi connectivity index (χ3v) is 4.63. The Morgan fingerprint density at radius 3 is 2.13 bits per heavy atom. The minimum Gasteiger partial charge on any atom is -0.325 e. The van der Waals surface area contributed by atoms with Crippen molar-refractivity contribution in [1.82, 2.24) is 4.90 Å². The maximum Gasteiger partial charge on any atom is 0.238 e. The lowest BCUT2D eigenvalue weighted by molar-refractivity contribution is -0.117. The van der Waals surface area contributed by atoms with Crippen molar-refractivity contribution in [2.45, 2.75) is 40.8 Å². The van der Waals surface area contributed by atoms with Gasteiger partial charge in [0.25, 0.3) is 0 Å². The Hall–Kier alpha value is -2.13. The number of carbonyl (C=O) groups excluding carboxylic acids is 1. The molecule has 23 heavy (non-hydrogen) atoms. The molecule has 0 atom stereocenters. The first kappa shape index (κ1) is 15.8. The molecule has 1 amide bonds. The molecule has 0 saturated carbocycles. The molecule has 3 nitrogen and oxygen atoms in total. The summed E-state index contributed by atoms with van der Waals surface area (Å²) >= 11 is 0. The smallest absolute Gasteiger partial charge is 0.238 e. The monoisotopic (exact) mass is 308 g/mol. The van der Waals surface area contributed by atoms with Gasteiger partial charge in [-0.25, -0.2) is 0 Å². The van der Waals surface area contributed by atoms with Gasteiger partial charge in [-0.2, -0.15) is 0 Å². The Morgan fingerprint density at radius 1 is 0.957 bits per heavy atom. The molecule has 0 fully saturated rings. The Labute approximate surface area is 138 Å². The molecule has 1 heterocycles. The van der Waals surface area contributed by atoms with Gasteiger partial charge in [-0.15, -0.1) is 0 Å². The molecule has 1 aliphatic heterocycles. The lowest BCUT2D eigenvalue weighted by Gasteiger charge is -2.15. The molecule has 3 rings (SSSR count). The van der Waals surface area contributed by atoms with Crippen molar-refractivity contribution in [1.29, 1.82) is 0 Å². The number of nitrogens with zero attached hydrogens (tertiary/aromatic N) is 1. The molecular weight excluding hydrogens is 284 g/mol. The van der Waals surface area contributed by atoms with Crippen LogP contribution in [0.25, 0.3) is 0 Å². The van der Waals surface area contributed by atoms with Gasteiger partial charge < -0.3 is 5.32 Å². The van der Waals surface area contributed by atoms with Crippen LogP contribution in [-0.4, -0.2) is 17.4 Å². The molecule has 0 aliphatic carbocycles. The van der Waals surface area contributed by atoms with Gasteiger partial charge in [0.2, 0.25) is 5.91 Å². The van der Waals surface area contributed by atoms with Crippen molar-refractivity contribution < 1.29 is 4.79 Å². The van der Waals surface area contributed by atoms with Crippen molar-refractivity contribution in [2.75, 3.05) is 11.9 Å². The molecule has 2 aromatic carbocycles. The van der Waals surface area contributed by atoms with E-state index in [4.69, 9.17) is 0 Å². The molecule has 1 aliphatic rings. The SMILES string of the molecule is Cc1ccc(NC(=O)CN2Cc3cc(C)c(C)cc3C2)c(C)c1. The summed E-state index contributed by atoms with van der Waals surface area (Å²) in [4.78, 5) is 14.5. The number of anilines is 1. The Balaban J connectivity index is 1.63. The summed E-state index contributed by atoms with van der Waals surface area (Å²) in [7, 11) is 0. The minimum atomic E-state index is 0.0539. The second-order valence-electron chi connectivity index (χ2n) is 6.72. The average Bonchev–Trinajstić information content (AvgIpc) is 2.83. The lowest BCUT2D eigenvalue weighted by Crippen LogP contribution is -2.29. The number of benzene rings is 2. The summed E-state index contributed by atoms with van der Waals surface area (Å²) in [6.07, 6.45) is 0. The van der Waals surface area contributed by atoms with E-state index < -0.39 is 0 Å². The maximum atomic E-state index is 12.3. The van der Waals surface area contributed by atoms with Crippen molar-refractivity contribution >= 4 is 11.6 Å². The highest BCUT2D eigenvalue weighted by Crippen LogP contribution is 2.25. The first-order chi connectivity index (χ1) is 10.9. The van der Waals surface area contributed by atoms with E-state index in [1.54, 1.807) is 0 Å². The fourth-order valence-corrected chi connectivity index (χ4v) is 3.23. The van der Waals surface area contributed by atoms with Crippen LogP contribution in [0.3, 0.4) is 0 Å². The second kappa shape index (κ2) is 6.17. The molecule has 0 aromatic heterocycles. The Bertz CT molecular complexity index is 733. The summed E-state index contributed by atoms with van der Waals surface area (Å²) in [6, 6.07) is 10.6. The number of aryl methyl sites for hydroxylation is 4. The second-order valence-corrected chi connectivity index (χ2v) is 6.72. The fourth-order valence-electron chi connectivity index (χ4n) is 3.23. The highest BCUT2D eigenvalue weighted by atomic mass is 16.2. The van der Waals surface area contributed by atoms with E-state index in [1.807, 2.05) is 19.1 Å². The minimum absolute atomic E-state index is 0.0539. The van der Waals surface area contributed by atoms with E-state index in [2.05, 4.69) is 49.2 Å². The van der Waals surface area contributed by atoms with Crippen molar-refractivity contribution in [2.24, 2.45) is 0 Å². The normalized spacial score (nSPS) is 13.9. The number of rotatable bonds is 3. The number of amides is 1. The van der Waals surface area contributed by atoms with E-state index in [1.165, 1.54) is 27.8 Å². The van der Waals surface area contributed by atoms with Gasteiger partial charge in [0.05, 0.1) is 6.54 Å². The van der Waals surface area contributed by atoms with E-state index in [-0.39, 0.29) is 5.91 Å². The van der Waals surface area contributed by atoms with E-state index >= 15 is 0 Å². The van der Waals surface area contributed by atoms with Crippen LogP contribution in [-0.2, 0) is 17.9 Å². The summed E-state index contributed by atoms with van der Waals surface area (Å²) < 4.78 is 0. The molecule has 0 saturated heterocycles. The van der Waals surface area contributed by atoms with Gasteiger partial charge in [-0.1, -0.05) is 29.8 Å². The van der Waals surface area contributed by atoms with Crippen LogP contribution in [0.4, 0.5) is 5.69 Å². The summed E-state index contributed by atoms with van der Waals surface area (Å²) in [5.74, 6) is 0.0539. The Kier molecular flexibility index (Phi) is 4.22. The standard InChI is InChI=1S/C20H24N2O/c1-13-5-6-19(16(4)7-13)21-20(23)12-22-10-17-8-14(2)15(3)9-18(17)11-22/h5-9H,10-12H2,1-4H3,(H,21,23). The largest absolute Gasteiger partial charge is 0.325 e. The molecule has 0 bridgehead atoms. The van der Waals surface area contributed by atoms with E-state index in [0.29, 0.717) is 6.54 Å². The first-order valence-electron chi connectivity index (χ1n) is 8.11. The first-order valence-corrected chi connectivity index (χ1v) is 8.11. The zero-order valence-electron chi connectivity index (χ0n) is 14.4. The van der Waals surface area contributed by atoms with Crippen LogP contribution in [0.15, 0.2) is 30.3 Å². The molecule has 0 unspecified atom stereocenters. The highest BCUT2D eigenvalue weighted by molar-refractivity contribution is 5.93. The van der Waals surface area contributed by atoms with Crippen LogP contribution < -0.4 is 5.32 Å². The lowest BCUT2D eigenvalue weighted by atomic mass is 10.0. The van der Waals surface area contributed by atoms with Crippen molar-refractivity contribution in [3.05, 3.63) is 63.7 Å². The molecule has 1 N–H and O–H groups in total. The summed E-state index contributed by atoms with van der Waals surface area (Å²) in [5, 5.41) is 3.03. The van der Waals surface area contributed by atoms with E-state index in [0.717, 1.165) is 24.3 Å². The predicted octanol–water partition coefficient (Wildman–Crippen LogP) is 3.87. The fraction of sp³-hybridized carbons (Fsp3) is 0.350. The van der Waals surface area contributed by atoms with Gasteiger partial charge in [-0.3, -0.25) is 9.69 Å². The predicted molar refractivity (Wildman–Crippen MR) is 94.6 cm³/mol. The van der Waals surface area contributed by atoms with Gasteiger partial charge in [-0.05, 0) is 61.6 Å². The average molecular weight is 308 g/mol. The number of nitrogens with one attached hydrogen (secondary N) is 1. The zero-order valence-corrected chi connectivity index (χ0v) is 14.4. The van der Waals surface area contributed by atoms with Crippen molar-refractivity contribution in [3.63, 3.8) is 0 Å². The zero-order chi connectivity index (χ0) is 16.6. The van der Waals surface area contributed by atoms with Gasteiger partial charge in [0, 0.05) is 18.8 Å². The molecule has 2 aromatic rings. The topological polar surface area (TPSA) is 32.3 Å². The molecule has 3 heteroatoms. The van der Waals surface area contributed by atoms with Crippen LogP contribution in [0.1, 0.15) is 33.4 Å². The molecular formula is C20H24N2O. The van der Waals surface area contributed by atoms with Gasteiger partial charge in [0.1, 0.15) is 0 Å². The van der Waals surface area contributed by atoms with Crippen molar-refractivity contribution in [3.8, 4) is 0 Å². The quantitative estimate of drug-likeness (QED) is 0.933. The van der Waals surface area contributed by atoms with Crippen LogP contribution in [0.5, 0.6) is 0 Å². The molecule has 0 spiro atoms. The summed E-state index contributed by atoms with van der Waals surface area (Å²) in [5.41, 5.74) is 8.58. The van der Waals surface area contributed by atoms with Crippen LogP contribution >= 0.6 is 0 Å². The number of carbonyl (C=O) groups is 1. The third kappa shape index (κ3) is 3.45. The molecule has 0 radical (unpaired) electrons. The Morgan fingerprint density at radius 2 is 1.57 bits per heavy atom. The molecule has 120 valence electrons. The van der Waals surface area contributed by atoms with Crippen LogP contribution in [0.2, 0.25) is 0 Å². The van der Waals surface area contributed by atoms with Crippen LogP contribution in [0, 0.1) is 27.7 Å². The van der Waals surface area contributed by atoms with E-state index in [9.17, 15) is 4.79 Å². The number of hydrogen-bond acceptors (Lipinski definition) is 2. The summed E-state index contributed by atoms with van der Waals surface area (Å²) in [6.45, 7) is 10.5. The van der Waals surface area contributed by atoms with Gasteiger partial charge >= 0.3 is 0 Å². The number of fused-ring (bicyclic) bond motifs is 1. The highest BCUT2D eigenvalue weighted by Gasteiger charge is 2.21.